The normalized spacial score (nSPS) is 17.2. The second-order valence-electron chi connectivity index (χ2n) is 20.6. The largest absolute Gasteiger partial charge is 2.00 e. The number of aliphatic imine (C=N–C) groups is 1. The maximum atomic E-state index is 7.18. The third-order valence-corrected chi connectivity index (χ3v) is 15.2. The SMILES string of the molecule is Cc1cc(C)c(N2C(c3[c-]c(Oc4[c-]c5c(cc4C)C(C)(C)c4cccc6c7c(C)ccnc7n-5c46)cc(-c4ccccn4)c3)=N[C@]3(C)c4cc(C)cc(C)c4-c4c(C)cc(C)cc4[C@H]23)c(C)c1.[Pt+2]. The second-order valence-corrected chi connectivity index (χ2v) is 20.6. The van der Waals surface area contributed by atoms with Gasteiger partial charge in [0.15, 0.2) is 0 Å². The molecule has 6 aromatic carbocycles. The van der Waals surface area contributed by atoms with Gasteiger partial charge in [-0.1, -0.05) is 122 Å². The molecule has 0 saturated heterocycles. The Morgan fingerprint density at radius 1 is 0.609 bits per heavy atom. The first-order valence-corrected chi connectivity index (χ1v) is 23.9. The van der Waals surface area contributed by atoms with E-state index in [9.17, 15) is 0 Å². The predicted octanol–water partition coefficient (Wildman–Crippen LogP) is 14.9. The Labute approximate surface area is 420 Å². The van der Waals surface area contributed by atoms with Gasteiger partial charge >= 0.3 is 21.1 Å². The van der Waals surface area contributed by atoms with Crippen LogP contribution in [0.15, 0.2) is 114 Å². The van der Waals surface area contributed by atoms with Crippen LogP contribution in [-0.2, 0) is 32.0 Å². The number of ether oxygens (including phenoxy) is 1. The molecule has 0 amide bonds. The molecule has 12 rings (SSSR count). The number of nitrogens with zero attached hydrogens (tertiary/aromatic N) is 5. The Balaban J connectivity index is 0.00000520. The van der Waals surface area contributed by atoms with Gasteiger partial charge in [0, 0.05) is 40.4 Å². The summed E-state index contributed by atoms with van der Waals surface area (Å²) in [7, 11) is 0. The van der Waals surface area contributed by atoms with E-state index in [-0.39, 0.29) is 32.5 Å². The summed E-state index contributed by atoms with van der Waals surface area (Å²) in [5.41, 5.74) is 24.3. The fourth-order valence-corrected chi connectivity index (χ4v) is 12.5. The van der Waals surface area contributed by atoms with Crippen molar-refractivity contribution in [1.82, 2.24) is 14.5 Å². The molecule has 344 valence electrons. The number of fused-ring (bicyclic) bond motifs is 11. The number of amidine groups is 1. The average molecular weight is 1080 g/mol. The quantitative estimate of drug-likeness (QED) is 0.161. The van der Waals surface area contributed by atoms with E-state index in [0.29, 0.717) is 11.5 Å². The van der Waals surface area contributed by atoms with E-state index in [4.69, 9.17) is 19.7 Å². The van der Waals surface area contributed by atoms with Gasteiger partial charge in [0.05, 0.1) is 28.6 Å². The average Bonchev–Trinajstić information content (AvgIpc) is 3.80. The molecule has 0 fully saturated rings. The maximum absolute atomic E-state index is 7.18. The van der Waals surface area contributed by atoms with Crippen molar-refractivity contribution in [2.45, 2.75) is 100 Å². The predicted molar refractivity (Wildman–Crippen MR) is 278 cm³/mol. The van der Waals surface area contributed by atoms with Gasteiger partial charge in [0.25, 0.3) is 0 Å². The van der Waals surface area contributed by atoms with Crippen LogP contribution >= 0.6 is 0 Å². The van der Waals surface area contributed by atoms with Crippen molar-refractivity contribution in [2.24, 2.45) is 4.99 Å². The van der Waals surface area contributed by atoms with Crippen molar-refractivity contribution >= 4 is 33.5 Å². The van der Waals surface area contributed by atoms with Crippen LogP contribution in [0.25, 0.3) is 50.0 Å². The van der Waals surface area contributed by atoms with Crippen LogP contribution in [0, 0.1) is 74.4 Å². The fraction of sp³-hybridized carbons (Fsp3) is 0.242. The van der Waals surface area contributed by atoms with Crippen molar-refractivity contribution in [1.29, 1.82) is 0 Å². The van der Waals surface area contributed by atoms with Crippen LogP contribution in [0.2, 0.25) is 0 Å². The molecular formula is C62H55N5OPt. The Kier molecular flexibility index (Phi) is 10.2. The Morgan fingerprint density at radius 2 is 1.32 bits per heavy atom. The topological polar surface area (TPSA) is 55.5 Å². The first-order chi connectivity index (χ1) is 32.5. The molecule has 1 aliphatic carbocycles. The van der Waals surface area contributed by atoms with Crippen LogP contribution in [0.1, 0.15) is 105 Å². The Hall–Kier alpha value is -6.62. The molecule has 7 heteroatoms. The number of hydrogen-bond acceptors (Lipinski definition) is 5. The summed E-state index contributed by atoms with van der Waals surface area (Å²) in [4.78, 5) is 18.5. The van der Waals surface area contributed by atoms with Crippen molar-refractivity contribution < 1.29 is 25.8 Å². The van der Waals surface area contributed by atoms with E-state index < -0.39 is 5.54 Å². The Morgan fingerprint density at radius 3 is 2.06 bits per heavy atom. The Bertz CT molecular complexity index is 3690. The zero-order chi connectivity index (χ0) is 47.3. The summed E-state index contributed by atoms with van der Waals surface area (Å²) in [6, 6.07) is 43.0. The zero-order valence-corrected chi connectivity index (χ0v) is 43.7. The summed E-state index contributed by atoms with van der Waals surface area (Å²) >= 11 is 0. The number of aromatic nitrogens is 3. The first kappa shape index (κ1) is 44.9. The van der Waals surface area contributed by atoms with E-state index in [1.165, 1.54) is 94.2 Å². The summed E-state index contributed by atoms with van der Waals surface area (Å²) < 4.78 is 9.49. The molecule has 0 spiro atoms. The minimum absolute atomic E-state index is 0. The van der Waals surface area contributed by atoms with Gasteiger partial charge in [-0.15, -0.1) is 28.8 Å². The number of anilines is 1. The number of para-hydroxylation sites is 1. The molecule has 5 heterocycles. The molecule has 9 aromatic rings. The first-order valence-electron chi connectivity index (χ1n) is 23.9. The van der Waals surface area contributed by atoms with Gasteiger partial charge in [-0.3, -0.25) is 4.98 Å². The molecule has 0 radical (unpaired) electrons. The number of pyridine rings is 2. The number of rotatable bonds is 5. The second kappa shape index (κ2) is 15.7. The molecule has 69 heavy (non-hydrogen) atoms. The van der Waals surface area contributed by atoms with Gasteiger partial charge in [-0.25, -0.2) is 4.98 Å². The smallest absolute Gasteiger partial charge is 0.503 e. The maximum Gasteiger partial charge on any atom is 2.00 e. The van der Waals surface area contributed by atoms with Gasteiger partial charge in [-0.2, -0.15) is 6.07 Å². The molecule has 0 unspecified atom stereocenters. The summed E-state index contributed by atoms with van der Waals surface area (Å²) in [6.07, 6.45) is 3.76. The molecule has 3 aliphatic rings. The van der Waals surface area contributed by atoms with Crippen LogP contribution in [-0.4, -0.2) is 20.4 Å². The molecule has 3 aromatic heterocycles. The summed E-state index contributed by atoms with van der Waals surface area (Å²) in [5.74, 6) is 2.05. The van der Waals surface area contributed by atoms with Gasteiger partial charge in [-0.05, 0) is 142 Å². The van der Waals surface area contributed by atoms with Crippen LogP contribution in [0.5, 0.6) is 11.5 Å². The molecule has 2 atom stereocenters. The van der Waals surface area contributed by atoms with Crippen LogP contribution in [0.4, 0.5) is 5.69 Å². The van der Waals surface area contributed by atoms with Gasteiger partial charge < -0.3 is 19.2 Å². The van der Waals surface area contributed by atoms with E-state index in [1.807, 2.05) is 24.5 Å². The van der Waals surface area contributed by atoms with E-state index in [2.05, 4.69) is 190 Å². The zero-order valence-electron chi connectivity index (χ0n) is 41.4. The molecule has 0 bridgehead atoms. The van der Waals surface area contributed by atoms with Crippen molar-refractivity contribution in [2.75, 3.05) is 4.90 Å². The van der Waals surface area contributed by atoms with Crippen molar-refractivity contribution in [3.8, 4) is 39.6 Å². The third-order valence-electron chi connectivity index (χ3n) is 15.2. The van der Waals surface area contributed by atoms with E-state index >= 15 is 0 Å². The molecular weight excluding hydrogens is 1030 g/mol. The van der Waals surface area contributed by atoms with Crippen molar-refractivity contribution in [3.05, 3.63) is 199 Å². The van der Waals surface area contributed by atoms with E-state index in [0.717, 1.165) is 45.2 Å². The fourth-order valence-electron chi connectivity index (χ4n) is 12.5. The minimum atomic E-state index is -0.655. The monoisotopic (exact) mass is 1080 g/mol. The number of benzene rings is 6. The molecule has 0 saturated carbocycles. The minimum Gasteiger partial charge on any atom is -0.503 e. The van der Waals surface area contributed by atoms with Crippen molar-refractivity contribution in [3.63, 3.8) is 0 Å². The standard InChI is InChI=1S/C62H55N5O.Pt/c1-33-24-40(8)56(41(9)25-33)67-58-46-26-34(2)22-38(6)53(46)55-39(7)23-35(3)27-49(55)62(58,12)65-59(67)43-29-42(50-18-13-14-20-63-50)30-44(31-43)68-52-32-51-48(28-37(52)5)61(10,11)47-17-15-16-45-54-36(4)19-21-64-60(54)66(51)57(45)47;/h13-30,58H,1-12H3;/q-2;+2/t58-,62+;/m0./s1. The molecule has 0 N–H and O–H groups in total. The number of aryl methyl sites for hydroxylation is 9. The molecule has 6 nitrogen and oxygen atoms in total. The van der Waals surface area contributed by atoms with Crippen LogP contribution in [0.3, 0.4) is 0 Å². The van der Waals surface area contributed by atoms with Gasteiger partial charge in [0.1, 0.15) is 5.65 Å². The third kappa shape index (κ3) is 6.51. The summed E-state index contributed by atoms with van der Waals surface area (Å²) in [5, 5.41) is 2.37. The summed E-state index contributed by atoms with van der Waals surface area (Å²) in [6.45, 7) is 26.9. The molecule has 2 aliphatic heterocycles. The van der Waals surface area contributed by atoms with E-state index in [1.54, 1.807) is 0 Å². The number of hydrogen-bond donors (Lipinski definition) is 0. The van der Waals surface area contributed by atoms with Crippen LogP contribution < -0.4 is 9.64 Å². The van der Waals surface area contributed by atoms with Gasteiger partial charge in [0.2, 0.25) is 0 Å².